The van der Waals surface area contributed by atoms with E-state index in [-0.39, 0.29) is 5.15 Å². The van der Waals surface area contributed by atoms with E-state index in [1.165, 1.54) is 6.33 Å². The molecule has 0 aliphatic heterocycles. The minimum Gasteiger partial charge on any atom is -0.438 e. The van der Waals surface area contributed by atoms with Crippen LogP contribution in [0.5, 0.6) is 11.6 Å². The zero-order valence-corrected chi connectivity index (χ0v) is 11.3. The van der Waals surface area contributed by atoms with Crippen LogP contribution in [0.2, 0.25) is 5.15 Å². The largest absolute Gasteiger partial charge is 0.438 e. The van der Waals surface area contributed by atoms with Gasteiger partial charge in [0.05, 0.1) is 0 Å². The van der Waals surface area contributed by atoms with Crippen LogP contribution in [0.15, 0.2) is 35.1 Å². The van der Waals surface area contributed by atoms with E-state index >= 15 is 0 Å². The molecule has 5 nitrogen and oxygen atoms in total. The first-order valence-electron chi connectivity index (χ1n) is 4.81. The highest BCUT2D eigenvalue weighted by Gasteiger charge is 2.09. The number of benzene rings is 1. The molecule has 0 aliphatic rings. The predicted octanol–water partition coefficient (Wildman–Crippen LogP) is 2.78. The fraction of sp³-hybridized carbons (Fsp3) is 0. The van der Waals surface area contributed by atoms with Crippen LogP contribution in [0.25, 0.3) is 0 Å². The van der Waals surface area contributed by atoms with E-state index in [0.717, 1.165) is 0 Å². The van der Waals surface area contributed by atoms with Gasteiger partial charge in [-0.3, -0.25) is 4.79 Å². The summed E-state index contributed by atoms with van der Waals surface area (Å²) in [5, 5.41) is 0.258. The molecule has 18 heavy (non-hydrogen) atoms. The van der Waals surface area contributed by atoms with E-state index in [4.69, 9.17) is 22.1 Å². The lowest BCUT2D eigenvalue weighted by molar-refractivity contribution is 0.100. The van der Waals surface area contributed by atoms with E-state index in [0.29, 0.717) is 21.7 Å². The molecule has 1 heterocycles. The van der Waals surface area contributed by atoms with E-state index in [1.54, 1.807) is 24.3 Å². The number of rotatable bonds is 3. The molecule has 0 spiro atoms. The first-order valence-corrected chi connectivity index (χ1v) is 5.98. The first kappa shape index (κ1) is 12.8. The quantitative estimate of drug-likeness (QED) is 0.879. The summed E-state index contributed by atoms with van der Waals surface area (Å²) in [7, 11) is 0. The number of amides is 1. The van der Waals surface area contributed by atoms with E-state index in [9.17, 15) is 4.79 Å². The number of aromatic nitrogens is 2. The Morgan fingerprint density at radius 3 is 2.56 bits per heavy atom. The maximum atomic E-state index is 10.9. The molecule has 1 amide bonds. The van der Waals surface area contributed by atoms with E-state index in [1.807, 2.05) is 0 Å². The van der Waals surface area contributed by atoms with Gasteiger partial charge in [-0.15, -0.1) is 0 Å². The molecule has 0 aliphatic carbocycles. The van der Waals surface area contributed by atoms with Crippen LogP contribution in [0.1, 0.15) is 10.4 Å². The minimum atomic E-state index is -0.493. The normalized spacial score (nSPS) is 10.1. The van der Waals surface area contributed by atoms with Gasteiger partial charge in [0.1, 0.15) is 16.5 Å². The maximum absolute atomic E-state index is 10.9. The van der Waals surface area contributed by atoms with Gasteiger partial charge < -0.3 is 10.5 Å². The smallest absolute Gasteiger partial charge is 0.248 e. The number of halogens is 2. The number of ether oxygens (including phenoxy) is 1. The highest BCUT2D eigenvalue weighted by molar-refractivity contribution is 9.10. The van der Waals surface area contributed by atoms with Crippen LogP contribution in [-0.4, -0.2) is 15.9 Å². The zero-order chi connectivity index (χ0) is 13.1. The van der Waals surface area contributed by atoms with Crippen molar-refractivity contribution in [1.82, 2.24) is 9.97 Å². The number of primary amides is 1. The Bertz CT molecular complexity index is 589. The molecule has 0 saturated carbocycles. The lowest BCUT2D eigenvalue weighted by atomic mass is 10.2. The predicted molar refractivity (Wildman–Crippen MR) is 69.8 cm³/mol. The van der Waals surface area contributed by atoms with Gasteiger partial charge in [0, 0.05) is 5.56 Å². The molecule has 0 radical (unpaired) electrons. The summed E-state index contributed by atoms with van der Waals surface area (Å²) in [5.74, 6) is 0.310. The van der Waals surface area contributed by atoms with Crippen molar-refractivity contribution in [2.24, 2.45) is 5.73 Å². The number of hydrogen-bond donors (Lipinski definition) is 1. The highest BCUT2D eigenvalue weighted by atomic mass is 79.9. The lowest BCUT2D eigenvalue weighted by Crippen LogP contribution is -2.10. The number of hydrogen-bond acceptors (Lipinski definition) is 4. The van der Waals surface area contributed by atoms with Crippen LogP contribution in [0.4, 0.5) is 0 Å². The second-order valence-corrected chi connectivity index (χ2v) is 4.43. The third-order valence-corrected chi connectivity index (χ3v) is 3.30. The summed E-state index contributed by atoms with van der Waals surface area (Å²) in [4.78, 5) is 18.6. The van der Waals surface area contributed by atoms with Gasteiger partial charge in [-0.25, -0.2) is 9.97 Å². The topological polar surface area (TPSA) is 78.1 Å². The van der Waals surface area contributed by atoms with Crippen molar-refractivity contribution in [3.8, 4) is 11.6 Å². The summed E-state index contributed by atoms with van der Waals surface area (Å²) in [6.07, 6.45) is 1.29. The van der Waals surface area contributed by atoms with Crippen LogP contribution in [-0.2, 0) is 0 Å². The van der Waals surface area contributed by atoms with Crippen molar-refractivity contribution in [2.45, 2.75) is 0 Å². The van der Waals surface area contributed by atoms with Crippen molar-refractivity contribution in [3.05, 3.63) is 45.8 Å². The van der Waals surface area contributed by atoms with Crippen LogP contribution < -0.4 is 10.5 Å². The molecule has 0 unspecified atom stereocenters. The van der Waals surface area contributed by atoms with Crippen molar-refractivity contribution >= 4 is 33.4 Å². The van der Waals surface area contributed by atoms with Gasteiger partial charge in [0.15, 0.2) is 5.15 Å². The average molecular weight is 329 g/mol. The summed E-state index contributed by atoms with van der Waals surface area (Å²) in [6, 6.07) is 6.35. The zero-order valence-electron chi connectivity index (χ0n) is 8.93. The first-order chi connectivity index (χ1) is 8.58. The van der Waals surface area contributed by atoms with Crippen LogP contribution in [0.3, 0.4) is 0 Å². The Morgan fingerprint density at radius 1 is 1.28 bits per heavy atom. The molecule has 0 fully saturated rings. The summed E-state index contributed by atoms with van der Waals surface area (Å²) in [6.45, 7) is 0. The SMILES string of the molecule is NC(=O)c1ccc(Oc2ncnc(Cl)c2Br)cc1. The average Bonchev–Trinajstić information content (AvgIpc) is 2.36. The molecule has 1 aromatic carbocycles. The molecule has 7 heteroatoms. The molecule has 2 aromatic rings. The molecule has 92 valence electrons. The fourth-order valence-electron chi connectivity index (χ4n) is 1.20. The van der Waals surface area contributed by atoms with Gasteiger partial charge in [0.2, 0.25) is 11.8 Å². The Labute approximate surface area is 116 Å². The fourth-order valence-corrected chi connectivity index (χ4v) is 1.61. The van der Waals surface area contributed by atoms with Crippen LogP contribution in [0, 0.1) is 0 Å². The molecule has 2 N–H and O–H groups in total. The maximum Gasteiger partial charge on any atom is 0.248 e. The van der Waals surface area contributed by atoms with E-state index in [2.05, 4.69) is 25.9 Å². The highest BCUT2D eigenvalue weighted by Crippen LogP contribution is 2.31. The van der Waals surface area contributed by atoms with Gasteiger partial charge >= 0.3 is 0 Å². The van der Waals surface area contributed by atoms with Crippen molar-refractivity contribution in [1.29, 1.82) is 0 Å². The number of nitrogens with zero attached hydrogens (tertiary/aromatic N) is 2. The van der Waals surface area contributed by atoms with Crippen LogP contribution >= 0.6 is 27.5 Å². The summed E-state index contributed by atoms with van der Waals surface area (Å²) >= 11 is 9.03. The second-order valence-electron chi connectivity index (χ2n) is 3.27. The standard InChI is InChI=1S/C11H7BrClN3O2/c12-8-9(13)15-5-16-11(8)18-7-3-1-6(2-4-7)10(14)17/h1-5H,(H2,14,17). The monoisotopic (exact) mass is 327 g/mol. The Kier molecular flexibility index (Phi) is 3.78. The van der Waals surface area contributed by atoms with Gasteiger partial charge in [-0.2, -0.15) is 0 Å². The third-order valence-electron chi connectivity index (χ3n) is 2.07. The minimum absolute atomic E-state index is 0.258. The molecule has 1 aromatic heterocycles. The molecular formula is C11H7BrClN3O2. The Hall–Kier alpha value is -1.66. The molecule has 0 saturated heterocycles. The summed E-state index contributed by atoms with van der Waals surface area (Å²) < 4.78 is 5.95. The van der Waals surface area contributed by atoms with Gasteiger partial charge in [-0.1, -0.05) is 11.6 Å². The van der Waals surface area contributed by atoms with Crippen molar-refractivity contribution in [3.63, 3.8) is 0 Å². The van der Waals surface area contributed by atoms with E-state index < -0.39 is 5.91 Å². The molecule has 0 bridgehead atoms. The number of carbonyl (C=O) groups is 1. The lowest BCUT2D eigenvalue weighted by Gasteiger charge is -2.06. The molecule has 0 atom stereocenters. The molecule has 2 rings (SSSR count). The Balaban J connectivity index is 2.24. The number of carbonyl (C=O) groups excluding carboxylic acids is 1. The Morgan fingerprint density at radius 2 is 1.94 bits per heavy atom. The third kappa shape index (κ3) is 2.77. The van der Waals surface area contributed by atoms with Crippen molar-refractivity contribution in [2.75, 3.05) is 0 Å². The van der Waals surface area contributed by atoms with Crippen molar-refractivity contribution < 1.29 is 9.53 Å². The van der Waals surface area contributed by atoms with Gasteiger partial charge in [0.25, 0.3) is 0 Å². The second kappa shape index (κ2) is 5.32. The summed E-state index contributed by atoms with van der Waals surface area (Å²) in [5.41, 5.74) is 5.54. The molecular weight excluding hydrogens is 321 g/mol. The number of nitrogens with two attached hydrogens (primary N) is 1. The van der Waals surface area contributed by atoms with Gasteiger partial charge in [-0.05, 0) is 40.2 Å².